The van der Waals surface area contributed by atoms with Gasteiger partial charge in [0.05, 0.1) is 12.8 Å². The number of aromatic nitrogens is 1. The molecule has 0 saturated heterocycles. The third-order valence-electron chi connectivity index (χ3n) is 2.26. The van der Waals surface area contributed by atoms with Gasteiger partial charge in [-0.05, 0) is 24.3 Å². The first-order valence-electron chi connectivity index (χ1n) is 4.96. The predicted molar refractivity (Wildman–Crippen MR) is 71.1 cm³/mol. The first-order valence-corrected chi connectivity index (χ1v) is 6.22. The van der Waals surface area contributed by atoms with Gasteiger partial charge in [0.15, 0.2) is 4.47 Å². The minimum Gasteiger partial charge on any atom is -0.497 e. The largest absolute Gasteiger partial charge is 0.497 e. The second-order valence-electron chi connectivity index (χ2n) is 3.36. The van der Waals surface area contributed by atoms with Gasteiger partial charge in [0.25, 0.3) is 5.91 Å². The average Bonchev–Trinajstić information content (AvgIpc) is 2.84. The Balaban J connectivity index is 2.19. The molecule has 18 heavy (non-hydrogen) atoms. The van der Waals surface area contributed by atoms with Crippen molar-refractivity contribution >= 4 is 34.5 Å². The van der Waals surface area contributed by atoms with Crippen LogP contribution in [0.1, 0.15) is 10.5 Å². The van der Waals surface area contributed by atoms with E-state index < -0.39 is 5.91 Å². The maximum absolute atomic E-state index is 12.0. The van der Waals surface area contributed by atoms with E-state index in [1.165, 1.54) is 11.3 Å². The third kappa shape index (κ3) is 2.61. The first-order chi connectivity index (χ1) is 8.61. The molecular formula is C11H10ClN3O2S. The summed E-state index contributed by atoms with van der Waals surface area (Å²) in [6.07, 6.45) is 0. The van der Waals surface area contributed by atoms with Gasteiger partial charge in [-0.25, -0.2) is 15.8 Å². The number of nitrogens with two attached hydrogens (primary N) is 1. The van der Waals surface area contributed by atoms with Crippen molar-refractivity contribution in [2.45, 2.75) is 0 Å². The molecule has 1 aromatic carbocycles. The SMILES string of the molecule is COc1ccc(N(N)C(=O)c2csc(Cl)n2)cc1. The van der Waals surface area contributed by atoms with Crippen LogP contribution in [-0.4, -0.2) is 18.0 Å². The molecule has 0 aliphatic rings. The summed E-state index contributed by atoms with van der Waals surface area (Å²) in [7, 11) is 1.57. The Morgan fingerprint density at radius 1 is 1.44 bits per heavy atom. The fraction of sp³-hybridized carbons (Fsp3) is 0.0909. The molecule has 94 valence electrons. The van der Waals surface area contributed by atoms with Crippen LogP contribution < -0.4 is 15.6 Å². The number of nitrogens with zero attached hydrogens (tertiary/aromatic N) is 2. The smallest absolute Gasteiger partial charge is 0.291 e. The molecule has 0 fully saturated rings. The van der Waals surface area contributed by atoms with Crippen LogP contribution in [0.4, 0.5) is 5.69 Å². The van der Waals surface area contributed by atoms with Gasteiger partial charge < -0.3 is 4.74 Å². The van der Waals surface area contributed by atoms with Crippen LogP contribution in [0.5, 0.6) is 5.75 Å². The van der Waals surface area contributed by atoms with Crippen molar-refractivity contribution in [3.05, 3.63) is 39.8 Å². The second kappa shape index (κ2) is 5.34. The number of rotatable bonds is 3. The zero-order chi connectivity index (χ0) is 13.1. The Labute approximate surface area is 113 Å². The number of thiazole rings is 1. The summed E-state index contributed by atoms with van der Waals surface area (Å²) in [6, 6.07) is 6.81. The highest BCUT2D eigenvalue weighted by Crippen LogP contribution is 2.20. The number of hydrazine groups is 1. The molecule has 0 saturated carbocycles. The molecule has 2 N–H and O–H groups in total. The van der Waals surface area contributed by atoms with Gasteiger partial charge in [-0.15, -0.1) is 11.3 Å². The molecule has 0 aliphatic carbocycles. The van der Waals surface area contributed by atoms with Crippen LogP contribution in [0, 0.1) is 0 Å². The van der Waals surface area contributed by atoms with E-state index in [0.29, 0.717) is 15.9 Å². The Hall–Kier alpha value is -1.63. The molecule has 0 bridgehead atoms. The predicted octanol–water partition coefficient (Wildman–Crippen LogP) is 2.33. The van der Waals surface area contributed by atoms with E-state index in [1.54, 1.807) is 36.8 Å². The number of ether oxygens (including phenoxy) is 1. The van der Waals surface area contributed by atoms with Crippen LogP contribution in [0.25, 0.3) is 0 Å². The van der Waals surface area contributed by atoms with Crippen LogP contribution in [0.15, 0.2) is 29.6 Å². The van der Waals surface area contributed by atoms with Crippen molar-refractivity contribution in [3.8, 4) is 5.75 Å². The lowest BCUT2D eigenvalue weighted by molar-refractivity contribution is 0.0983. The molecule has 0 radical (unpaired) electrons. The molecule has 0 atom stereocenters. The van der Waals surface area contributed by atoms with E-state index in [1.807, 2.05) is 0 Å². The molecule has 1 amide bonds. The van der Waals surface area contributed by atoms with Crippen LogP contribution >= 0.6 is 22.9 Å². The molecule has 0 aliphatic heterocycles. The minimum atomic E-state index is -0.414. The zero-order valence-corrected chi connectivity index (χ0v) is 11.0. The molecule has 7 heteroatoms. The summed E-state index contributed by atoms with van der Waals surface area (Å²) in [5.41, 5.74) is 0.772. The second-order valence-corrected chi connectivity index (χ2v) is 4.80. The maximum atomic E-state index is 12.0. The average molecular weight is 284 g/mol. The quantitative estimate of drug-likeness (QED) is 0.533. The fourth-order valence-corrected chi connectivity index (χ4v) is 2.07. The van der Waals surface area contributed by atoms with Gasteiger partial charge in [-0.3, -0.25) is 4.79 Å². The monoisotopic (exact) mass is 283 g/mol. The van der Waals surface area contributed by atoms with Crippen molar-refractivity contribution in [1.29, 1.82) is 0 Å². The van der Waals surface area contributed by atoms with Gasteiger partial charge in [-0.1, -0.05) is 11.6 Å². The van der Waals surface area contributed by atoms with Gasteiger partial charge in [0, 0.05) is 5.38 Å². The van der Waals surface area contributed by atoms with E-state index in [4.69, 9.17) is 22.2 Å². The van der Waals surface area contributed by atoms with Crippen LogP contribution in [-0.2, 0) is 0 Å². The number of benzene rings is 1. The van der Waals surface area contributed by atoms with Crippen LogP contribution in [0.2, 0.25) is 4.47 Å². The number of methoxy groups -OCH3 is 1. The molecular weight excluding hydrogens is 274 g/mol. The maximum Gasteiger partial charge on any atom is 0.291 e. The molecule has 1 heterocycles. The Kier molecular flexibility index (Phi) is 3.81. The lowest BCUT2D eigenvalue weighted by Crippen LogP contribution is -2.37. The summed E-state index contributed by atoms with van der Waals surface area (Å²) in [4.78, 5) is 15.8. The molecule has 0 unspecified atom stereocenters. The van der Waals surface area contributed by atoms with Gasteiger partial charge in [0.2, 0.25) is 0 Å². The van der Waals surface area contributed by atoms with Gasteiger partial charge in [-0.2, -0.15) is 0 Å². The summed E-state index contributed by atoms with van der Waals surface area (Å²) in [5, 5.41) is 2.58. The highest BCUT2D eigenvalue weighted by atomic mass is 35.5. The van der Waals surface area contributed by atoms with Crippen molar-refractivity contribution in [3.63, 3.8) is 0 Å². The standard InChI is InChI=1S/C11H10ClN3O2S/c1-17-8-4-2-7(3-5-8)15(13)10(16)9-6-18-11(12)14-9/h2-6H,13H2,1H3. The first kappa shape index (κ1) is 12.8. The Bertz CT molecular complexity index is 556. The molecule has 2 aromatic rings. The highest BCUT2D eigenvalue weighted by molar-refractivity contribution is 7.14. The van der Waals surface area contributed by atoms with Gasteiger partial charge >= 0.3 is 0 Å². The lowest BCUT2D eigenvalue weighted by Gasteiger charge is -2.15. The van der Waals surface area contributed by atoms with E-state index >= 15 is 0 Å². The number of halogens is 1. The number of anilines is 1. The number of hydrogen-bond donors (Lipinski definition) is 1. The number of carbonyl (C=O) groups excluding carboxylic acids is 1. The van der Waals surface area contributed by atoms with Crippen molar-refractivity contribution in [2.24, 2.45) is 5.84 Å². The highest BCUT2D eigenvalue weighted by Gasteiger charge is 2.17. The normalized spacial score (nSPS) is 10.2. The number of amides is 1. The number of hydrogen-bond acceptors (Lipinski definition) is 5. The molecule has 5 nitrogen and oxygen atoms in total. The van der Waals surface area contributed by atoms with E-state index in [-0.39, 0.29) is 5.69 Å². The Morgan fingerprint density at radius 2 is 2.11 bits per heavy atom. The summed E-state index contributed by atoms with van der Waals surface area (Å²) >= 11 is 6.86. The number of carbonyl (C=O) groups is 1. The third-order valence-corrected chi connectivity index (χ3v) is 3.24. The topological polar surface area (TPSA) is 68.5 Å². The molecule has 0 spiro atoms. The summed E-state index contributed by atoms with van der Waals surface area (Å²) < 4.78 is 5.33. The summed E-state index contributed by atoms with van der Waals surface area (Å²) in [5.74, 6) is 6.01. The van der Waals surface area contributed by atoms with Gasteiger partial charge in [0.1, 0.15) is 11.4 Å². The zero-order valence-electron chi connectivity index (χ0n) is 9.46. The fourth-order valence-electron chi connectivity index (χ4n) is 1.33. The molecule has 1 aromatic heterocycles. The summed E-state index contributed by atoms with van der Waals surface area (Å²) in [6.45, 7) is 0. The molecule has 2 rings (SSSR count). The van der Waals surface area contributed by atoms with E-state index in [0.717, 1.165) is 5.01 Å². The van der Waals surface area contributed by atoms with E-state index in [2.05, 4.69) is 4.98 Å². The van der Waals surface area contributed by atoms with E-state index in [9.17, 15) is 4.79 Å². The van der Waals surface area contributed by atoms with Crippen LogP contribution in [0.3, 0.4) is 0 Å². The van der Waals surface area contributed by atoms with Crippen molar-refractivity contribution in [2.75, 3.05) is 12.1 Å². The van der Waals surface area contributed by atoms with Crippen molar-refractivity contribution in [1.82, 2.24) is 4.98 Å². The minimum absolute atomic E-state index is 0.225. The lowest BCUT2D eigenvalue weighted by atomic mass is 10.3. The Morgan fingerprint density at radius 3 is 2.61 bits per heavy atom. The van der Waals surface area contributed by atoms with Crippen molar-refractivity contribution < 1.29 is 9.53 Å².